The van der Waals surface area contributed by atoms with Gasteiger partial charge in [0.1, 0.15) is 16.5 Å². The summed E-state index contributed by atoms with van der Waals surface area (Å²) in [5, 5.41) is 11.7. The van der Waals surface area contributed by atoms with E-state index in [2.05, 4.69) is 4.98 Å². The lowest BCUT2D eigenvalue weighted by atomic mass is 9.95. The summed E-state index contributed by atoms with van der Waals surface area (Å²) in [4.78, 5) is 33.6. The number of thiazole rings is 1. The zero-order valence-electron chi connectivity index (χ0n) is 19.8. The molecular formula is C28H24N2O5S. The van der Waals surface area contributed by atoms with E-state index in [1.165, 1.54) is 22.5 Å². The average molecular weight is 501 g/mol. The van der Waals surface area contributed by atoms with Gasteiger partial charge in [-0.2, -0.15) is 0 Å². The van der Waals surface area contributed by atoms with Crippen LogP contribution in [-0.2, 0) is 11.3 Å². The van der Waals surface area contributed by atoms with Crippen molar-refractivity contribution in [1.29, 1.82) is 0 Å². The Balaban J connectivity index is 1.59. The van der Waals surface area contributed by atoms with Gasteiger partial charge >= 0.3 is 0 Å². The van der Waals surface area contributed by atoms with Crippen LogP contribution in [0.2, 0.25) is 0 Å². The van der Waals surface area contributed by atoms with Gasteiger partial charge in [-0.15, -0.1) is 11.3 Å². The van der Waals surface area contributed by atoms with E-state index in [4.69, 9.17) is 9.15 Å². The number of benzene rings is 2. The number of aliphatic hydroxyl groups excluding tert-OH is 1. The molecule has 1 amide bonds. The summed E-state index contributed by atoms with van der Waals surface area (Å²) in [7, 11) is 0. The highest BCUT2D eigenvalue weighted by Gasteiger charge is 2.45. The second-order valence-electron chi connectivity index (χ2n) is 8.31. The van der Waals surface area contributed by atoms with Crippen LogP contribution in [0.25, 0.3) is 10.6 Å². The SMILES string of the molecule is CCOc1cccc(C2C(C(=O)c3sc(-c4ccccc4)nc3C)=C(O)C(=O)N2Cc2ccco2)c1. The first-order chi connectivity index (χ1) is 17.5. The maximum absolute atomic E-state index is 13.9. The van der Waals surface area contributed by atoms with Gasteiger partial charge in [-0.1, -0.05) is 42.5 Å². The highest BCUT2D eigenvalue weighted by atomic mass is 32.1. The predicted molar refractivity (Wildman–Crippen MR) is 136 cm³/mol. The number of rotatable bonds is 8. The second-order valence-corrected chi connectivity index (χ2v) is 9.31. The molecular weight excluding hydrogens is 476 g/mol. The Morgan fingerprint density at radius 2 is 1.94 bits per heavy atom. The zero-order valence-corrected chi connectivity index (χ0v) is 20.6. The fraction of sp³-hybridized carbons (Fsp3) is 0.179. The van der Waals surface area contributed by atoms with Crippen LogP contribution >= 0.6 is 11.3 Å². The molecule has 0 saturated heterocycles. The van der Waals surface area contributed by atoms with Crippen LogP contribution in [0.5, 0.6) is 5.75 Å². The number of aryl methyl sites for hydroxylation is 1. The number of Topliss-reactive ketones (excluding diaryl/α,β-unsaturated/α-hetero) is 1. The molecule has 0 fully saturated rings. The Morgan fingerprint density at radius 3 is 2.67 bits per heavy atom. The molecule has 36 heavy (non-hydrogen) atoms. The minimum atomic E-state index is -0.822. The van der Waals surface area contributed by atoms with Crippen LogP contribution in [-0.4, -0.2) is 33.3 Å². The number of aliphatic hydroxyl groups is 1. The van der Waals surface area contributed by atoms with Gasteiger partial charge in [0.05, 0.1) is 41.6 Å². The van der Waals surface area contributed by atoms with Gasteiger partial charge in [-0.05, 0) is 43.7 Å². The number of ether oxygens (including phenoxy) is 1. The molecule has 0 spiro atoms. The molecule has 4 aromatic rings. The lowest BCUT2D eigenvalue weighted by molar-refractivity contribution is -0.130. The largest absolute Gasteiger partial charge is 0.503 e. The lowest BCUT2D eigenvalue weighted by Gasteiger charge is -2.26. The summed E-state index contributed by atoms with van der Waals surface area (Å²) in [6.45, 7) is 4.20. The molecule has 0 radical (unpaired) electrons. The Bertz CT molecular complexity index is 1440. The normalized spacial score (nSPS) is 15.6. The molecule has 1 aliphatic rings. The molecule has 1 unspecified atom stereocenters. The Hall–Kier alpha value is -4.17. The molecule has 3 heterocycles. The van der Waals surface area contributed by atoms with Crippen molar-refractivity contribution in [1.82, 2.24) is 9.88 Å². The number of hydrogen-bond acceptors (Lipinski definition) is 7. The number of nitrogens with zero attached hydrogens (tertiary/aromatic N) is 2. The number of furan rings is 1. The molecule has 2 aromatic heterocycles. The number of carbonyl (C=O) groups excluding carboxylic acids is 2. The molecule has 0 aliphatic carbocycles. The Labute approximate surface area is 212 Å². The van der Waals surface area contributed by atoms with Gasteiger partial charge in [-0.3, -0.25) is 9.59 Å². The number of hydrogen-bond donors (Lipinski definition) is 1. The average Bonchev–Trinajstić information content (AvgIpc) is 3.60. The molecule has 1 N–H and O–H groups in total. The van der Waals surface area contributed by atoms with Crippen molar-refractivity contribution >= 4 is 23.0 Å². The standard InChI is InChI=1S/C28H24N2O5S/c1-3-34-20-12-7-11-19(15-20)23-22(25(32)28(33)30(23)16-21-13-8-14-35-21)24(31)26-17(2)29-27(36-26)18-9-5-4-6-10-18/h4-15,23,32H,3,16H2,1-2H3. The van der Waals surface area contributed by atoms with Crippen molar-refractivity contribution in [3.05, 3.63) is 106 Å². The van der Waals surface area contributed by atoms with Crippen LogP contribution in [0.4, 0.5) is 0 Å². The first kappa shape index (κ1) is 23.6. The third-order valence-corrected chi connectivity index (χ3v) is 7.17. The summed E-state index contributed by atoms with van der Waals surface area (Å²) in [6.07, 6.45) is 1.52. The van der Waals surface area contributed by atoms with Crippen molar-refractivity contribution in [2.24, 2.45) is 0 Å². The van der Waals surface area contributed by atoms with Crippen LogP contribution in [0.1, 0.15) is 39.7 Å². The van der Waals surface area contributed by atoms with Gasteiger partial charge in [0.15, 0.2) is 5.76 Å². The molecule has 8 heteroatoms. The smallest absolute Gasteiger partial charge is 0.290 e. The Kier molecular flexibility index (Phi) is 6.43. The predicted octanol–water partition coefficient (Wildman–Crippen LogP) is 5.89. The van der Waals surface area contributed by atoms with Crippen molar-refractivity contribution in [2.45, 2.75) is 26.4 Å². The molecule has 182 valence electrons. The number of ketones is 1. The van der Waals surface area contributed by atoms with E-state index in [0.717, 1.165) is 5.56 Å². The van der Waals surface area contributed by atoms with Gasteiger partial charge in [-0.25, -0.2) is 4.98 Å². The van der Waals surface area contributed by atoms with Gasteiger partial charge in [0, 0.05) is 5.56 Å². The van der Waals surface area contributed by atoms with Gasteiger partial charge in [0.25, 0.3) is 5.91 Å². The fourth-order valence-electron chi connectivity index (χ4n) is 4.34. The molecule has 1 aliphatic heterocycles. The monoisotopic (exact) mass is 500 g/mol. The molecule has 5 rings (SSSR count). The molecule has 1 atom stereocenters. The molecule has 2 aromatic carbocycles. The third kappa shape index (κ3) is 4.31. The van der Waals surface area contributed by atoms with Crippen LogP contribution in [0.3, 0.4) is 0 Å². The Morgan fingerprint density at radius 1 is 1.14 bits per heavy atom. The van der Waals surface area contributed by atoms with E-state index in [9.17, 15) is 14.7 Å². The first-order valence-corrected chi connectivity index (χ1v) is 12.4. The maximum atomic E-state index is 13.9. The van der Waals surface area contributed by atoms with Gasteiger partial charge < -0.3 is 19.2 Å². The van der Waals surface area contributed by atoms with Crippen molar-refractivity contribution in [3.63, 3.8) is 0 Å². The minimum Gasteiger partial charge on any atom is -0.503 e. The molecule has 0 saturated carbocycles. The van der Waals surface area contributed by atoms with E-state index in [-0.39, 0.29) is 12.1 Å². The second kappa shape index (κ2) is 9.83. The number of aromatic nitrogens is 1. The highest BCUT2D eigenvalue weighted by Crippen LogP contribution is 2.42. The highest BCUT2D eigenvalue weighted by molar-refractivity contribution is 7.17. The molecule has 7 nitrogen and oxygen atoms in total. The van der Waals surface area contributed by atoms with E-state index >= 15 is 0 Å². The number of amides is 1. The van der Waals surface area contributed by atoms with E-state index in [1.54, 1.807) is 31.2 Å². The lowest BCUT2D eigenvalue weighted by Crippen LogP contribution is -2.30. The van der Waals surface area contributed by atoms with Crippen molar-refractivity contribution in [3.8, 4) is 16.3 Å². The quantitative estimate of drug-likeness (QED) is 0.303. The first-order valence-electron chi connectivity index (χ1n) is 11.5. The fourth-order valence-corrected chi connectivity index (χ4v) is 5.37. The molecule has 0 bridgehead atoms. The van der Waals surface area contributed by atoms with Crippen LogP contribution in [0, 0.1) is 6.92 Å². The summed E-state index contributed by atoms with van der Waals surface area (Å²) < 4.78 is 11.1. The number of carbonyl (C=O) groups is 2. The summed E-state index contributed by atoms with van der Waals surface area (Å²) in [5.74, 6) is -0.471. The topological polar surface area (TPSA) is 92.9 Å². The zero-order chi connectivity index (χ0) is 25.2. The van der Waals surface area contributed by atoms with Crippen molar-refractivity contribution in [2.75, 3.05) is 6.61 Å². The van der Waals surface area contributed by atoms with Crippen LogP contribution < -0.4 is 4.74 Å². The van der Waals surface area contributed by atoms with E-state index < -0.39 is 23.5 Å². The third-order valence-electron chi connectivity index (χ3n) is 5.96. The maximum Gasteiger partial charge on any atom is 0.290 e. The van der Waals surface area contributed by atoms with Gasteiger partial charge in [0.2, 0.25) is 5.78 Å². The van der Waals surface area contributed by atoms with Crippen molar-refractivity contribution < 1.29 is 23.8 Å². The van der Waals surface area contributed by atoms with E-state index in [1.807, 2.05) is 49.4 Å². The summed E-state index contributed by atoms with van der Waals surface area (Å²) in [5.41, 5.74) is 2.11. The summed E-state index contributed by atoms with van der Waals surface area (Å²) >= 11 is 1.25. The summed E-state index contributed by atoms with van der Waals surface area (Å²) in [6, 6.07) is 19.5. The minimum absolute atomic E-state index is 0.0200. The van der Waals surface area contributed by atoms with Crippen LogP contribution in [0.15, 0.2) is 88.7 Å². The van der Waals surface area contributed by atoms with E-state index in [0.29, 0.717) is 39.3 Å².